The molecule has 2 heterocycles. The number of pyridine rings is 1. The third-order valence-corrected chi connectivity index (χ3v) is 4.10. The number of benzene rings is 1. The van der Waals surface area contributed by atoms with Crippen molar-refractivity contribution in [3.63, 3.8) is 0 Å². The molecule has 0 fully saturated rings. The standard InChI is InChI=1S/C15H13FN4OS/c1-20-14-12(7-4-8-17-14)19-15(20)22-9-13(21)18-11-6-3-2-5-10(11)16/h2-8H,9H2,1H3,(H,18,21). The molecule has 0 atom stereocenters. The van der Waals surface area contributed by atoms with Crippen LogP contribution < -0.4 is 5.32 Å². The van der Waals surface area contributed by atoms with Gasteiger partial charge < -0.3 is 9.88 Å². The fourth-order valence-electron chi connectivity index (χ4n) is 2.01. The van der Waals surface area contributed by atoms with E-state index >= 15 is 0 Å². The maximum absolute atomic E-state index is 13.5. The van der Waals surface area contributed by atoms with Crippen LogP contribution >= 0.6 is 11.8 Å². The highest BCUT2D eigenvalue weighted by Crippen LogP contribution is 2.21. The number of imidazole rings is 1. The highest BCUT2D eigenvalue weighted by Gasteiger charge is 2.12. The van der Waals surface area contributed by atoms with Crippen LogP contribution in [0.15, 0.2) is 47.8 Å². The minimum Gasteiger partial charge on any atom is -0.323 e. The first-order valence-corrected chi connectivity index (χ1v) is 7.58. The molecule has 0 spiro atoms. The van der Waals surface area contributed by atoms with Gasteiger partial charge in [-0.3, -0.25) is 4.79 Å². The van der Waals surface area contributed by atoms with Gasteiger partial charge in [-0.05, 0) is 24.3 Å². The summed E-state index contributed by atoms with van der Waals surface area (Å²) in [6.07, 6.45) is 1.70. The third kappa shape index (κ3) is 2.94. The lowest BCUT2D eigenvalue weighted by molar-refractivity contribution is -0.113. The molecule has 0 saturated carbocycles. The Morgan fingerprint density at radius 1 is 1.32 bits per heavy atom. The predicted molar refractivity (Wildman–Crippen MR) is 84.3 cm³/mol. The summed E-state index contributed by atoms with van der Waals surface area (Å²) in [5, 5.41) is 3.24. The van der Waals surface area contributed by atoms with Crippen LogP contribution in [-0.4, -0.2) is 26.2 Å². The summed E-state index contributed by atoms with van der Waals surface area (Å²) in [4.78, 5) is 20.6. The molecule has 1 amide bonds. The molecule has 0 unspecified atom stereocenters. The van der Waals surface area contributed by atoms with Crippen molar-refractivity contribution in [1.29, 1.82) is 0 Å². The van der Waals surface area contributed by atoms with E-state index in [0.717, 1.165) is 11.2 Å². The van der Waals surface area contributed by atoms with Crippen LogP contribution in [0.4, 0.5) is 10.1 Å². The van der Waals surface area contributed by atoms with Gasteiger partial charge in [-0.2, -0.15) is 0 Å². The normalized spacial score (nSPS) is 10.8. The van der Waals surface area contributed by atoms with E-state index in [9.17, 15) is 9.18 Å². The largest absolute Gasteiger partial charge is 0.323 e. The average molecular weight is 316 g/mol. The van der Waals surface area contributed by atoms with Crippen molar-refractivity contribution in [1.82, 2.24) is 14.5 Å². The van der Waals surface area contributed by atoms with E-state index in [-0.39, 0.29) is 17.3 Å². The molecule has 0 aliphatic rings. The summed E-state index contributed by atoms with van der Waals surface area (Å²) in [5.74, 6) is -0.589. The van der Waals surface area contributed by atoms with Gasteiger partial charge >= 0.3 is 0 Å². The van der Waals surface area contributed by atoms with Crippen LogP contribution in [0.25, 0.3) is 11.2 Å². The second-order valence-corrected chi connectivity index (χ2v) is 5.56. The first-order chi connectivity index (χ1) is 10.6. The second-order valence-electron chi connectivity index (χ2n) is 4.62. The summed E-state index contributed by atoms with van der Waals surface area (Å²) < 4.78 is 15.3. The molecule has 112 valence electrons. The molecular weight excluding hydrogens is 303 g/mol. The lowest BCUT2D eigenvalue weighted by Crippen LogP contribution is -2.15. The Bertz CT molecular complexity index is 833. The van der Waals surface area contributed by atoms with Crippen molar-refractivity contribution in [3.05, 3.63) is 48.4 Å². The number of para-hydroxylation sites is 1. The minimum atomic E-state index is -0.451. The molecule has 3 rings (SSSR count). The van der Waals surface area contributed by atoms with E-state index in [1.54, 1.807) is 18.3 Å². The molecular formula is C15H13FN4OS. The number of carbonyl (C=O) groups excluding carboxylic acids is 1. The van der Waals surface area contributed by atoms with E-state index in [2.05, 4.69) is 15.3 Å². The molecule has 22 heavy (non-hydrogen) atoms. The highest BCUT2D eigenvalue weighted by molar-refractivity contribution is 7.99. The smallest absolute Gasteiger partial charge is 0.234 e. The molecule has 0 bridgehead atoms. The van der Waals surface area contributed by atoms with E-state index in [0.29, 0.717) is 5.16 Å². The molecule has 0 radical (unpaired) electrons. The maximum atomic E-state index is 13.5. The van der Waals surface area contributed by atoms with Crippen LogP contribution in [0.2, 0.25) is 0 Å². The zero-order chi connectivity index (χ0) is 15.5. The van der Waals surface area contributed by atoms with Gasteiger partial charge in [0.15, 0.2) is 10.8 Å². The number of aryl methyl sites for hydroxylation is 1. The van der Waals surface area contributed by atoms with Gasteiger partial charge in [-0.1, -0.05) is 23.9 Å². The summed E-state index contributed by atoms with van der Waals surface area (Å²) in [6.45, 7) is 0. The van der Waals surface area contributed by atoms with Crippen molar-refractivity contribution >= 4 is 34.5 Å². The predicted octanol–water partition coefficient (Wildman–Crippen LogP) is 2.84. The summed E-state index contributed by atoms with van der Waals surface area (Å²) in [7, 11) is 1.85. The number of thioether (sulfide) groups is 1. The Hall–Kier alpha value is -2.41. The van der Waals surface area contributed by atoms with Crippen molar-refractivity contribution in [2.75, 3.05) is 11.1 Å². The molecule has 7 heteroatoms. The Kier molecular flexibility index (Phi) is 4.06. The number of halogens is 1. The minimum absolute atomic E-state index is 0.144. The zero-order valence-electron chi connectivity index (χ0n) is 11.8. The van der Waals surface area contributed by atoms with Gasteiger partial charge in [0.25, 0.3) is 0 Å². The monoisotopic (exact) mass is 316 g/mol. The molecule has 0 saturated heterocycles. The fourth-order valence-corrected chi connectivity index (χ4v) is 2.79. The average Bonchev–Trinajstić information content (AvgIpc) is 2.84. The molecule has 1 aromatic carbocycles. The molecule has 5 nitrogen and oxygen atoms in total. The quantitative estimate of drug-likeness (QED) is 0.752. The maximum Gasteiger partial charge on any atom is 0.234 e. The number of aromatic nitrogens is 3. The summed E-state index contributed by atoms with van der Waals surface area (Å²) in [6, 6.07) is 9.76. The number of hydrogen-bond donors (Lipinski definition) is 1. The molecule has 2 aromatic heterocycles. The molecule has 3 aromatic rings. The van der Waals surface area contributed by atoms with Crippen LogP contribution in [0.1, 0.15) is 0 Å². The van der Waals surface area contributed by atoms with Crippen molar-refractivity contribution in [2.24, 2.45) is 7.05 Å². The molecule has 0 aliphatic heterocycles. The molecule has 1 N–H and O–H groups in total. The third-order valence-electron chi connectivity index (χ3n) is 3.07. The Morgan fingerprint density at radius 2 is 2.14 bits per heavy atom. The Labute approximate surface area is 130 Å². The number of amides is 1. The zero-order valence-corrected chi connectivity index (χ0v) is 12.6. The number of carbonyl (C=O) groups is 1. The first kappa shape index (κ1) is 14.5. The number of hydrogen-bond acceptors (Lipinski definition) is 4. The summed E-state index contributed by atoms with van der Waals surface area (Å²) >= 11 is 1.28. The first-order valence-electron chi connectivity index (χ1n) is 6.60. The lowest BCUT2D eigenvalue weighted by atomic mass is 10.3. The Balaban J connectivity index is 1.68. The van der Waals surface area contributed by atoms with Crippen molar-refractivity contribution < 1.29 is 9.18 Å². The number of nitrogens with zero attached hydrogens (tertiary/aromatic N) is 3. The van der Waals surface area contributed by atoms with Gasteiger partial charge in [0, 0.05) is 13.2 Å². The number of nitrogens with one attached hydrogen (secondary N) is 1. The van der Waals surface area contributed by atoms with Crippen LogP contribution in [0.3, 0.4) is 0 Å². The fraction of sp³-hybridized carbons (Fsp3) is 0.133. The summed E-state index contributed by atoms with van der Waals surface area (Å²) in [5.41, 5.74) is 1.72. The SMILES string of the molecule is Cn1c(SCC(=O)Nc2ccccc2F)nc2cccnc21. The van der Waals surface area contributed by atoms with Gasteiger partial charge in [-0.25, -0.2) is 14.4 Å². The Morgan fingerprint density at radius 3 is 2.91 bits per heavy atom. The van der Waals surface area contributed by atoms with E-state index in [4.69, 9.17) is 0 Å². The lowest BCUT2D eigenvalue weighted by Gasteiger charge is -2.05. The van der Waals surface area contributed by atoms with Crippen molar-refractivity contribution in [3.8, 4) is 0 Å². The number of rotatable bonds is 4. The van der Waals surface area contributed by atoms with E-state index < -0.39 is 5.82 Å². The van der Waals surface area contributed by atoms with Crippen LogP contribution in [0, 0.1) is 5.82 Å². The second kappa shape index (κ2) is 6.15. The number of anilines is 1. The number of fused-ring (bicyclic) bond motifs is 1. The molecule has 0 aliphatic carbocycles. The van der Waals surface area contributed by atoms with Gasteiger partial charge in [0.1, 0.15) is 11.3 Å². The van der Waals surface area contributed by atoms with Gasteiger partial charge in [0.05, 0.1) is 11.4 Å². The van der Waals surface area contributed by atoms with Crippen LogP contribution in [0.5, 0.6) is 0 Å². The van der Waals surface area contributed by atoms with E-state index in [1.165, 1.54) is 23.9 Å². The highest BCUT2D eigenvalue weighted by atomic mass is 32.2. The van der Waals surface area contributed by atoms with E-state index in [1.807, 2.05) is 23.7 Å². The van der Waals surface area contributed by atoms with Gasteiger partial charge in [0.2, 0.25) is 5.91 Å². The topological polar surface area (TPSA) is 59.8 Å². The van der Waals surface area contributed by atoms with Crippen molar-refractivity contribution in [2.45, 2.75) is 5.16 Å². The van der Waals surface area contributed by atoms with Crippen LogP contribution in [-0.2, 0) is 11.8 Å². The van der Waals surface area contributed by atoms with Gasteiger partial charge in [-0.15, -0.1) is 0 Å².